The van der Waals surface area contributed by atoms with E-state index >= 15 is 0 Å². The topological polar surface area (TPSA) is 314 Å². The summed E-state index contributed by atoms with van der Waals surface area (Å²) in [5.74, 6) is -7.89. The van der Waals surface area contributed by atoms with Crippen LogP contribution in [0.2, 0.25) is 0 Å². The highest BCUT2D eigenvalue weighted by Crippen LogP contribution is 2.34. The smallest absolute Gasteiger partial charge is 0.326 e. The molecular weight excluding hydrogens is 668 g/mol. The first kappa shape index (κ1) is 44.2. The molecule has 11 N–H and O–H groups in total. The Morgan fingerprint density at radius 1 is 0.878 bits per heavy atom. The van der Waals surface area contributed by atoms with E-state index in [4.69, 9.17) is 11.5 Å². The lowest BCUT2D eigenvalue weighted by Gasteiger charge is -2.32. The minimum Gasteiger partial charge on any atom is -0.481 e. The van der Waals surface area contributed by atoms with E-state index in [1.54, 1.807) is 24.3 Å². The largest absolute Gasteiger partial charge is 0.481 e. The molecule has 276 valence electrons. The van der Waals surface area contributed by atoms with Crippen molar-refractivity contribution >= 4 is 57.3 Å². The summed E-state index contributed by atoms with van der Waals surface area (Å²) in [6, 6.07) is 3.30. The van der Waals surface area contributed by atoms with Crippen molar-refractivity contribution in [1.29, 1.82) is 0 Å². The molecule has 1 rings (SSSR count). The van der Waals surface area contributed by atoms with Crippen molar-refractivity contribution in [2.45, 2.75) is 78.8 Å². The number of unbranched alkanes of at least 4 members (excludes halogenated alkanes) is 1. The number of carboxylic acids is 2. The zero-order chi connectivity index (χ0) is 38.2. The van der Waals surface area contributed by atoms with Crippen molar-refractivity contribution in [3.63, 3.8) is 0 Å². The fourth-order valence-electron chi connectivity index (χ4n) is 4.20. The number of hydrogen-bond donors (Lipinski definition) is 9. The van der Waals surface area contributed by atoms with Crippen molar-refractivity contribution in [1.82, 2.24) is 21.3 Å². The number of nitrogens with two attached hydrogens (primary N) is 2. The van der Waals surface area contributed by atoms with Gasteiger partial charge in [0, 0.05) is 29.6 Å². The Bertz CT molecular complexity index is 1450. The molecule has 0 aliphatic carbocycles. The normalized spacial score (nSPS) is 12.6. The van der Waals surface area contributed by atoms with E-state index < -0.39 is 93.7 Å². The molecule has 0 heterocycles. The number of carboxylic acid groups (broad SMARTS) is 2. The van der Waals surface area contributed by atoms with Crippen LogP contribution in [0.25, 0.3) is 0 Å². The lowest BCUT2D eigenvalue weighted by atomic mass is 9.74. The van der Waals surface area contributed by atoms with Crippen LogP contribution in [0, 0.1) is 10.8 Å². The Morgan fingerprint density at radius 2 is 1.45 bits per heavy atom. The Hall–Kier alpha value is -4.78. The van der Waals surface area contributed by atoms with E-state index in [0.717, 1.165) is 19.4 Å². The Balaban J connectivity index is 0.00000136. The van der Waals surface area contributed by atoms with Crippen LogP contribution in [0.3, 0.4) is 0 Å². The lowest BCUT2D eigenvalue weighted by Crippen LogP contribution is -2.56. The van der Waals surface area contributed by atoms with Crippen LogP contribution < -0.4 is 32.7 Å². The molecule has 2 atom stereocenters. The number of benzene rings is 1. The van der Waals surface area contributed by atoms with E-state index in [0.29, 0.717) is 11.3 Å². The van der Waals surface area contributed by atoms with Gasteiger partial charge in [-0.3, -0.25) is 33.3 Å². The van der Waals surface area contributed by atoms with E-state index in [1.165, 1.54) is 27.7 Å². The molecule has 0 spiro atoms. The molecule has 0 radical (unpaired) electrons. The quantitative estimate of drug-likeness (QED) is 0.0502. The molecule has 2 unspecified atom stereocenters. The van der Waals surface area contributed by atoms with Gasteiger partial charge in [-0.05, 0) is 57.4 Å². The summed E-state index contributed by atoms with van der Waals surface area (Å²) in [7, 11) is -4.83. The number of nitrogens with one attached hydrogen (secondary N) is 4. The minimum absolute atomic E-state index is 0.0292. The van der Waals surface area contributed by atoms with E-state index in [-0.39, 0.29) is 12.3 Å². The highest BCUT2D eigenvalue weighted by Gasteiger charge is 2.41. The van der Waals surface area contributed by atoms with Gasteiger partial charge in [-0.15, -0.1) is 0 Å². The van der Waals surface area contributed by atoms with Crippen LogP contribution in [0.1, 0.15) is 77.1 Å². The molecular formula is C30H48N6O12S. The number of aliphatic carboxylic acids is 2. The molecule has 18 nitrogen and oxygen atoms in total. The number of carbonyl (C=O) groups is 7. The van der Waals surface area contributed by atoms with Gasteiger partial charge in [-0.25, -0.2) is 4.79 Å². The average molecular weight is 717 g/mol. The fraction of sp³-hybridized carbons (Fsp3) is 0.567. The molecule has 0 saturated heterocycles. The van der Waals surface area contributed by atoms with Gasteiger partial charge in [-0.1, -0.05) is 27.2 Å². The van der Waals surface area contributed by atoms with Gasteiger partial charge >= 0.3 is 11.9 Å². The zero-order valence-corrected chi connectivity index (χ0v) is 29.0. The molecule has 0 bridgehead atoms. The lowest BCUT2D eigenvalue weighted by molar-refractivity contribution is -0.150. The number of hydrogen-bond acceptors (Lipinski definition) is 10. The fourth-order valence-corrected chi connectivity index (χ4v) is 4.86. The molecule has 49 heavy (non-hydrogen) atoms. The molecule has 5 amide bonds. The number of rotatable bonds is 19. The van der Waals surface area contributed by atoms with Crippen molar-refractivity contribution in [3.8, 4) is 0 Å². The first-order valence-electron chi connectivity index (χ1n) is 15.1. The number of nitrogen functional groups attached to an aromatic ring is 1. The van der Waals surface area contributed by atoms with Crippen LogP contribution in [0.4, 0.5) is 5.69 Å². The Kier molecular flexibility index (Phi) is 18.0. The molecule has 19 heteroatoms. The molecule has 1 aromatic rings. The Morgan fingerprint density at radius 3 is 1.92 bits per heavy atom. The highest BCUT2D eigenvalue weighted by molar-refractivity contribution is 7.85. The summed E-state index contributed by atoms with van der Waals surface area (Å²) < 4.78 is 32.0. The summed E-state index contributed by atoms with van der Waals surface area (Å²) in [4.78, 5) is 82.1. The number of anilines is 1. The van der Waals surface area contributed by atoms with E-state index in [1.807, 2.05) is 5.32 Å². The third kappa shape index (κ3) is 18.4. The first-order valence-corrected chi connectivity index (χ1v) is 16.7. The summed E-state index contributed by atoms with van der Waals surface area (Å²) in [6.45, 7) is 7.79. The molecule has 0 saturated carbocycles. The maximum Gasteiger partial charge on any atom is 0.326 e. The van der Waals surface area contributed by atoms with Crippen LogP contribution in [0.5, 0.6) is 0 Å². The predicted octanol–water partition coefficient (Wildman–Crippen LogP) is -0.364. The summed E-state index contributed by atoms with van der Waals surface area (Å²) in [5, 5.41) is 27.7. The number of amides is 5. The molecule has 0 aliphatic rings. The molecule has 1 aromatic carbocycles. The first-order chi connectivity index (χ1) is 22.4. The molecule has 0 aliphatic heterocycles. The third-order valence-corrected chi connectivity index (χ3v) is 7.55. The van der Waals surface area contributed by atoms with Gasteiger partial charge in [0.2, 0.25) is 23.6 Å². The van der Waals surface area contributed by atoms with Crippen molar-refractivity contribution in [3.05, 3.63) is 29.8 Å². The van der Waals surface area contributed by atoms with Crippen molar-refractivity contribution in [2.75, 3.05) is 24.6 Å². The highest BCUT2D eigenvalue weighted by atomic mass is 32.2. The monoisotopic (exact) mass is 716 g/mol. The maximum atomic E-state index is 12.8. The van der Waals surface area contributed by atoms with Gasteiger partial charge in [0.05, 0.1) is 12.0 Å². The number of primary amides is 1. The van der Waals surface area contributed by atoms with Crippen LogP contribution >= 0.6 is 0 Å². The summed E-state index contributed by atoms with van der Waals surface area (Å²) in [6.07, 6.45) is 0.982. The summed E-state index contributed by atoms with van der Waals surface area (Å²) in [5.41, 5.74) is 8.96. The zero-order valence-electron chi connectivity index (χ0n) is 28.2. The predicted molar refractivity (Wildman–Crippen MR) is 177 cm³/mol. The third-order valence-electron chi connectivity index (χ3n) is 6.80. The van der Waals surface area contributed by atoms with E-state index in [2.05, 4.69) is 22.9 Å². The van der Waals surface area contributed by atoms with Gasteiger partial charge in [0.25, 0.3) is 16.0 Å². The van der Waals surface area contributed by atoms with Crippen molar-refractivity contribution < 1.29 is 56.7 Å². The van der Waals surface area contributed by atoms with Crippen LogP contribution in [-0.2, 0) is 38.9 Å². The second kappa shape index (κ2) is 19.9. The minimum atomic E-state index is -4.83. The Labute approximate surface area is 284 Å². The average Bonchev–Trinajstić information content (AvgIpc) is 2.97. The molecule has 0 fully saturated rings. The second-order valence-corrected chi connectivity index (χ2v) is 13.9. The summed E-state index contributed by atoms with van der Waals surface area (Å²) >= 11 is 0. The van der Waals surface area contributed by atoms with Gasteiger partial charge < -0.3 is 42.9 Å². The number of carbonyl (C=O) groups excluding carboxylic acids is 5. The van der Waals surface area contributed by atoms with Gasteiger partial charge in [0.1, 0.15) is 17.8 Å². The maximum absolute atomic E-state index is 12.8. The SMILES string of the molecule is CC(C)(CC(C)(C)C(=O)NC(CS(=O)(=O)O)C(=O)NC(CCC(=O)NCC(N)=O)C(=O)O)C(=O)O.CCCCNC(=O)c1ccc(N)cc1. The van der Waals surface area contributed by atoms with E-state index in [9.17, 15) is 56.7 Å². The van der Waals surface area contributed by atoms with Crippen LogP contribution in [0.15, 0.2) is 24.3 Å². The molecule has 0 aromatic heterocycles. The van der Waals surface area contributed by atoms with Gasteiger partial charge in [0.15, 0.2) is 0 Å². The standard InChI is InChI=1S/C19H32N4O11S.C11H16N2O/c1-18(2,9-19(3,4)17(30)31)16(29)23-11(8-35(32,33)34)14(26)22-10(15(27)28)5-6-13(25)21-7-12(20)24;1-2-3-8-13-11(14)9-4-6-10(12)7-5-9/h10-11H,5-9H2,1-4H3,(H2,20,24)(H,21,25)(H,22,26)(H,23,29)(H,27,28)(H,30,31)(H,32,33,34);4-7H,2-3,8,12H2,1H3,(H,13,14). The van der Waals surface area contributed by atoms with Gasteiger partial charge in [-0.2, -0.15) is 8.42 Å². The van der Waals surface area contributed by atoms with Crippen molar-refractivity contribution in [2.24, 2.45) is 16.6 Å². The van der Waals surface area contributed by atoms with Crippen LogP contribution in [-0.4, -0.2) is 95.6 Å². The second-order valence-electron chi connectivity index (χ2n) is 12.4.